The molecule has 0 amide bonds. The largest absolute Gasteiger partial charge is 0.396 e. The minimum absolute atomic E-state index is 0.149. The Kier molecular flexibility index (Phi) is 2.37. The van der Waals surface area contributed by atoms with Crippen LogP contribution in [0.25, 0.3) is 0 Å². The lowest BCUT2D eigenvalue weighted by molar-refractivity contribution is 0.0457. The number of hydrogen-bond donors (Lipinski definition) is 1. The second-order valence-corrected chi connectivity index (χ2v) is 4.30. The van der Waals surface area contributed by atoms with E-state index in [4.69, 9.17) is 4.74 Å². The summed E-state index contributed by atoms with van der Waals surface area (Å²) in [5.74, 6) is 0.741. The summed E-state index contributed by atoms with van der Waals surface area (Å²) >= 11 is 0. The molecule has 1 aliphatic heterocycles. The molecule has 0 aromatic carbocycles. The summed E-state index contributed by atoms with van der Waals surface area (Å²) in [4.78, 5) is 0. The van der Waals surface area contributed by atoms with E-state index in [1.165, 1.54) is 25.7 Å². The van der Waals surface area contributed by atoms with Crippen LogP contribution >= 0.6 is 0 Å². The first-order chi connectivity index (χ1) is 5.87. The SMILES string of the molecule is OCC1(C2CCCC2)CCOC1. The van der Waals surface area contributed by atoms with Gasteiger partial charge in [-0.05, 0) is 25.2 Å². The van der Waals surface area contributed by atoms with Crippen LogP contribution in [0, 0.1) is 11.3 Å². The predicted molar refractivity (Wildman–Crippen MR) is 46.9 cm³/mol. The summed E-state index contributed by atoms with van der Waals surface area (Å²) in [6.45, 7) is 1.99. The molecule has 2 nitrogen and oxygen atoms in total. The topological polar surface area (TPSA) is 29.5 Å². The molecular formula is C10H18O2. The van der Waals surface area contributed by atoms with Gasteiger partial charge in [0.15, 0.2) is 0 Å². The van der Waals surface area contributed by atoms with Crippen molar-refractivity contribution >= 4 is 0 Å². The van der Waals surface area contributed by atoms with Crippen molar-refractivity contribution in [1.82, 2.24) is 0 Å². The molecule has 1 heterocycles. The zero-order chi connectivity index (χ0) is 8.44. The second-order valence-electron chi connectivity index (χ2n) is 4.30. The summed E-state index contributed by atoms with van der Waals surface area (Å²) in [6, 6.07) is 0. The van der Waals surface area contributed by atoms with E-state index in [2.05, 4.69) is 0 Å². The molecule has 0 spiro atoms. The average Bonchev–Trinajstić information content (AvgIpc) is 2.76. The molecule has 1 unspecified atom stereocenters. The van der Waals surface area contributed by atoms with Crippen LogP contribution in [0.3, 0.4) is 0 Å². The summed E-state index contributed by atoms with van der Waals surface area (Å²) < 4.78 is 5.40. The van der Waals surface area contributed by atoms with E-state index < -0.39 is 0 Å². The van der Waals surface area contributed by atoms with Gasteiger partial charge in [0.2, 0.25) is 0 Å². The molecule has 12 heavy (non-hydrogen) atoms. The molecule has 0 bridgehead atoms. The lowest BCUT2D eigenvalue weighted by Gasteiger charge is -2.31. The molecule has 2 rings (SSSR count). The highest BCUT2D eigenvalue weighted by Crippen LogP contribution is 2.44. The Balaban J connectivity index is 2.04. The molecular weight excluding hydrogens is 152 g/mol. The van der Waals surface area contributed by atoms with Crippen LogP contribution in [-0.4, -0.2) is 24.9 Å². The maximum Gasteiger partial charge on any atom is 0.0547 e. The quantitative estimate of drug-likeness (QED) is 0.681. The van der Waals surface area contributed by atoms with Crippen molar-refractivity contribution in [2.45, 2.75) is 32.1 Å². The van der Waals surface area contributed by atoms with Crippen LogP contribution < -0.4 is 0 Å². The molecule has 0 aromatic heterocycles. The summed E-state index contributed by atoms with van der Waals surface area (Å²) in [7, 11) is 0. The van der Waals surface area contributed by atoms with Crippen molar-refractivity contribution in [1.29, 1.82) is 0 Å². The Morgan fingerprint density at radius 2 is 2.08 bits per heavy atom. The van der Waals surface area contributed by atoms with E-state index in [1.807, 2.05) is 0 Å². The minimum Gasteiger partial charge on any atom is -0.396 e. The minimum atomic E-state index is 0.149. The van der Waals surface area contributed by atoms with E-state index in [0.717, 1.165) is 25.6 Å². The number of aliphatic hydroxyl groups excluding tert-OH is 1. The molecule has 1 atom stereocenters. The van der Waals surface area contributed by atoms with Gasteiger partial charge < -0.3 is 9.84 Å². The molecule has 70 valence electrons. The fraction of sp³-hybridized carbons (Fsp3) is 1.00. The van der Waals surface area contributed by atoms with Crippen molar-refractivity contribution in [2.24, 2.45) is 11.3 Å². The first-order valence-electron chi connectivity index (χ1n) is 5.06. The fourth-order valence-electron chi connectivity index (χ4n) is 2.74. The number of ether oxygens (including phenoxy) is 1. The lowest BCUT2D eigenvalue weighted by Crippen LogP contribution is -2.33. The van der Waals surface area contributed by atoms with Crippen LogP contribution in [0.4, 0.5) is 0 Å². The second kappa shape index (κ2) is 3.35. The first kappa shape index (κ1) is 8.52. The molecule has 1 aliphatic carbocycles. The van der Waals surface area contributed by atoms with E-state index in [0.29, 0.717) is 6.61 Å². The van der Waals surface area contributed by atoms with Gasteiger partial charge in [-0.3, -0.25) is 0 Å². The Hall–Kier alpha value is -0.0800. The van der Waals surface area contributed by atoms with Crippen LogP contribution in [0.1, 0.15) is 32.1 Å². The third-order valence-electron chi connectivity index (χ3n) is 3.67. The Morgan fingerprint density at radius 1 is 1.33 bits per heavy atom. The molecule has 1 N–H and O–H groups in total. The molecule has 1 saturated carbocycles. The van der Waals surface area contributed by atoms with Crippen molar-refractivity contribution in [3.8, 4) is 0 Å². The van der Waals surface area contributed by atoms with E-state index in [1.54, 1.807) is 0 Å². The van der Waals surface area contributed by atoms with Crippen LogP contribution in [0.5, 0.6) is 0 Å². The van der Waals surface area contributed by atoms with E-state index in [-0.39, 0.29) is 5.41 Å². The first-order valence-corrected chi connectivity index (χ1v) is 5.06. The maximum absolute atomic E-state index is 9.40. The standard InChI is InChI=1S/C10H18O2/c11-7-10(5-6-12-8-10)9-3-1-2-4-9/h9,11H,1-8H2. The smallest absolute Gasteiger partial charge is 0.0547 e. The van der Waals surface area contributed by atoms with Crippen molar-refractivity contribution < 1.29 is 9.84 Å². The van der Waals surface area contributed by atoms with E-state index in [9.17, 15) is 5.11 Å². The normalized spacial score (nSPS) is 37.8. The highest BCUT2D eigenvalue weighted by atomic mass is 16.5. The maximum atomic E-state index is 9.40. The fourth-order valence-corrected chi connectivity index (χ4v) is 2.74. The van der Waals surface area contributed by atoms with Crippen LogP contribution in [-0.2, 0) is 4.74 Å². The molecule has 2 heteroatoms. The number of hydrogen-bond acceptors (Lipinski definition) is 2. The van der Waals surface area contributed by atoms with E-state index >= 15 is 0 Å². The number of rotatable bonds is 2. The van der Waals surface area contributed by atoms with Crippen molar-refractivity contribution in [2.75, 3.05) is 19.8 Å². The third kappa shape index (κ3) is 1.27. The van der Waals surface area contributed by atoms with Gasteiger partial charge in [0.05, 0.1) is 13.2 Å². The average molecular weight is 170 g/mol. The van der Waals surface area contributed by atoms with Gasteiger partial charge in [0, 0.05) is 12.0 Å². The van der Waals surface area contributed by atoms with Gasteiger partial charge >= 0.3 is 0 Å². The molecule has 0 aromatic rings. The zero-order valence-electron chi connectivity index (χ0n) is 7.59. The van der Waals surface area contributed by atoms with Gasteiger partial charge in [-0.1, -0.05) is 12.8 Å². The molecule has 0 radical (unpaired) electrons. The Morgan fingerprint density at radius 3 is 2.58 bits per heavy atom. The zero-order valence-corrected chi connectivity index (χ0v) is 7.59. The predicted octanol–water partition coefficient (Wildman–Crippen LogP) is 1.58. The summed E-state index contributed by atoms with van der Waals surface area (Å²) in [6.07, 6.45) is 6.40. The van der Waals surface area contributed by atoms with Crippen LogP contribution in [0.15, 0.2) is 0 Å². The number of aliphatic hydroxyl groups is 1. The molecule has 2 fully saturated rings. The summed E-state index contributed by atoms with van der Waals surface area (Å²) in [5, 5.41) is 9.40. The van der Waals surface area contributed by atoms with Crippen molar-refractivity contribution in [3.05, 3.63) is 0 Å². The highest BCUT2D eigenvalue weighted by Gasteiger charge is 2.42. The Bertz CT molecular complexity index is 144. The highest BCUT2D eigenvalue weighted by molar-refractivity contribution is 4.91. The molecule has 1 saturated heterocycles. The van der Waals surface area contributed by atoms with Crippen LogP contribution in [0.2, 0.25) is 0 Å². The monoisotopic (exact) mass is 170 g/mol. The third-order valence-corrected chi connectivity index (χ3v) is 3.67. The Labute approximate surface area is 73.9 Å². The van der Waals surface area contributed by atoms with Gasteiger partial charge in [0.25, 0.3) is 0 Å². The summed E-state index contributed by atoms with van der Waals surface area (Å²) in [5.41, 5.74) is 0.149. The lowest BCUT2D eigenvalue weighted by atomic mass is 9.74. The van der Waals surface area contributed by atoms with Crippen molar-refractivity contribution in [3.63, 3.8) is 0 Å². The van der Waals surface area contributed by atoms with Gasteiger partial charge in [-0.2, -0.15) is 0 Å². The van der Waals surface area contributed by atoms with Gasteiger partial charge in [-0.25, -0.2) is 0 Å². The van der Waals surface area contributed by atoms with Gasteiger partial charge in [0.1, 0.15) is 0 Å². The van der Waals surface area contributed by atoms with Gasteiger partial charge in [-0.15, -0.1) is 0 Å². The molecule has 2 aliphatic rings.